The van der Waals surface area contributed by atoms with Crippen LogP contribution in [0.25, 0.3) is 0 Å². The molecular weight excluding hydrogens is 338 g/mol. The maximum atomic E-state index is 12.3. The van der Waals surface area contributed by atoms with Gasteiger partial charge in [0.25, 0.3) is 0 Å². The highest BCUT2D eigenvalue weighted by Crippen LogP contribution is 2.18. The third-order valence-electron chi connectivity index (χ3n) is 3.65. The van der Waals surface area contributed by atoms with Gasteiger partial charge >= 0.3 is 0 Å². The van der Waals surface area contributed by atoms with E-state index in [4.69, 9.17) is 0 Å². The predicted octanol–water partition coefficient (Wildman–Crippen LogP) is 1.90. The normalized spacial score (nSPS) is 12.4. The average molecular weight is 361 g/mol. The molecule has 1 atom stereocenters. The molecule has 0 spiro atoms. The van der Waals surface area contributed by atoms with Crippen LogP contribution in [0.5, 0.6) is 0 Å². The smallest absolute Gasteiger partial charge is 0.240 e. The van der Waals surface area contributed by atoms with Gasteiger partial charge in [0.2, 0.25) is 15.9 Å². The standard InChI is InChI=1S/C18H23N3O3S/c1-14-6-4-8-17(10-14)21(25(3,23)24)13-18(22)20-15(2)11-16-7-5-9-19-12-16/h4-10,12,15H,11,13H2,1-3H3,(H,20,22)/t15-/m0/s1. The molecule has 1 heterocycles. The molecule has 0 fully saturated rings. The lowest BCUT2D eigenvalue weighted by molar-refractivity contribution is -0.120. The predicted molar refractivity (Wildman–Crippen MR) is 98.9 cm³/mol. The van der Waals surface area contributed by atoms with E-state index in [1.807, 2.05) is 32.0 Å². The van der Waals surface area contributed by atoms with Crippen molar-refractivity contribution < 1.29 is 13.2 Å². The van der Waals surface area contributed by atoms with E-state index < -0.39 is 10.0 Å². The second-order valence-electron chi connectivity index (χ2n) is 6.14. The molecular formula is C18H23N3O3S. The number of amides is 1. The van der Waals surface area contributed by atoms with E-state index in [0.29, 0.717) is 12.1 Å². The van der Waals surface area contributed by atoms with Crippen molar-refractivity contribution in [3.8, 4) is 0 Å². The number of hydrogen-bond donors (Lipinski definition) is 1. The summed E-state index contributed by atoms with van der Waals surface area (Å²) in [7, 11) is -3.56. The molecule has 0 saturated carbocycles. The first-order valence-electron chi connectivity index (χ1n) is 7.98. The SMILES string of the molecule is Cc1cccc(N(CC(=O)N[C@@H](C)Cc2cccnc2)S(C)(=O)=O)c1. The Labute approximate surface area is 148 Å². The summed E-state index contributed by atoms with van der Waals surface area (Å²) in [6.07, 6.45) is 5.17. The molecule has 1 amide bonds. The number of pyridine rings is 1. The van der Waals surface area contributed by atoms with E-state index in [0.717, 1.165) is 21.7 Å². The topological polar surface area (TPSA) is 79.4 Å². The van der Waals surface area contributed by atoms with Crippen molar-refractivity contribution in [2.45, 2.75) is 26.3 Å². The fourth-order valence-electron chi connectivity index (χ4n) is 2.56. The van der Waals surface area contributed by atoms with Crippen LogP contribution < -0.4 is 9.62 Å². The molecule has 0 aliphatic heterocycles. The van der Waals surface area contributed by atoms with Crippen molar-refractivity contribution in [2.24, 2.45) is 0 Å². The van der Waals surface area contributed by atoms with Gasteiger partial charge in [0.1, 0.15) is 6.54 Å². The summed E-state index contributed by atoms with van der Waals surface area (Å²) in [5, 5.41) is 2.84. The minimum Gasteiger partial charge on any atom is -0.352 e. The number of carbonyl (C=O) groups is 1. The monoisotopic (exact) mass is 361 g/mol. The summed E-state index contributed by atoms with van der Waals surface area (Å²) in [5.41, 5.74) is 2.42. The number of aryl methyl sites for hydroxylation is 1. The molecule has 25 heavy (non-hydrogen) atoms. The van der Waals surface area contributed by atoms with Gasteiger partial charge in [-0.1, -0.05) is 18.2 Å². The maximum Gasteiger partial charge on any atom is 0.240 e. The first-order valence-corrected chi connectivity index (χ1v) is 9.83. The highest BCUT2D eigenvalue weighted by Gasteiger charge is 2.21. The summed E-state index contributed by atoms with van der Waals surface area (Å²) in [6.45, 7) is 3.50. The van der Waals surface area contributed by atoms with E-state index in [2.05, 4.69) is 10.3 Å². The van der Waals surface area contributed by atoms with E-state index in [-0.39, 0.29) is 18.5 Å². The molecule has 2 rings (SSSR count). The lowest BCUT2D eigenvalue weighted by Gasteiger charge is -2.23. The first kappa shape index (κ1) is 18.9. The summed E-state index contributed by atoms with van der Waals surface area (Å²) in [5.74, 6) is -0.344. The van der Waals surface area contributed by atoms with Crippen LogP contribution >= 0.6 is 0 Å². The number of anilines is 1. The summed E-state index contributed by atoms with van der Waals surface area (Å²) < 4.78 is 25.3. The Morgan fingerprint density at radius 2 is 2.04 bits per heavy atom. The summed E-state index contributed by atoms with van der Waals surface area (Å²) in [6, 6.07) is 10.7. The molecule has 1 aromatic carbocycles. The fraction of sp³-hybridized carbons (Fsp3) is 0.333. The number of hydrogen-bond acceptors (Lipinski definition) is 4. The molecule has 0 aliphatic carbocycles. The Morgan fingerprint density at radius 3 is 2.64 bits per heavy atom. The van der Waals surface area contributed by atoms with Gasteiger partial charge in [0.05, 0.1) is 11.9 Å². The second-order valence-corrected chi connectivity index (χ2v) is 8.05. The molecule has 1 aromatic heterocycles. The van der Waals surface area contributed by atoms with Gasteiger partial charge in [-0.05, 0) is 49.6 Å². The zero-order chi connectivity index (χ0) is 18.4. The van der Waals surface area contributed by atoms with E-state index >= 15 is 0 Å². The van der Waals surface area contributed by atoms with Crippen molar-refractivity contribution >= 4 is 21.6 Å². The highest BCUT2D eigenvalue weighted by molar-refractivity contribution is 7.92. The highest BCUT2D eigenvalue weighted by atomic mass is 32.2. The van der Waals surface area contributed by atoms with Gasteiger partial charge in [0.15, 0.2) is 0 Å². The number of rotatable bonds is 7. The molecule has 1 N–H and O–H groups in total. The minimum absolute atomic E-state index is 0.129. The van der Waals surface area contributed by atoms with Crippen LogP contribution in [0, 0.1) is 6.92 Å². The molecule has 0 bridgehead atoms. The number of nitrogens with one attached hydrogen (secondary N) is 1. The molecule has 0 aliphatic rings. The third-order valence-corrected chi connectivity index (χ3v) is 4.79. The van der Waals surface area contributed by atoms with Gasteiger partial charge in [-0.15, -0.1) is 0 Å². The number of nitrogens with zero attached hydrogens (tertiary/aromatic N) is 2. The van der Waals surface area contributed by atoms with Crippen molar-refractivity contribution in [3.05, 3.63) is 59.9 Å². The van der Waals surface area contributed by atoms with Gasteiger partial charge in [-0.2, -0.15) is 0 Å². The van der Waals surface area contributed by atoms with Crippen LogP contribution in [0.4, 0.5) is 5.69 Å². The lowest BCUT2D eigenvalue weighted by atomic mass is 10.1. The van der Waals surface area contributed by atoms with Gasteiger partial charge < -0.3 is 5.32 Å². The maximum absolute atomic E-state index is 12.3. The Hall–Kier alpha value is -2.41. The molecule has 0 saturated heterocycles. The van der Waals surface area contributed by atoms with Gasteiger partial charge in [0, 0.05) is 18.4 Å². The zero-order valence-corrected chi connectivity index (χ0v) is 15.5. The lowest BCUT2D eigenvalue weighted by Crippen LogP contribution is -2.43. The average Bonchev–Trinajstić information content (AvgIpc) is 2.52. The molecule has 2 aromatic rings. The Kier molecular flexibility index (Phi) is 6.14. The molecule has 0 radical (unpaired) electrons. The van der Waals surface area contributed by atoms with Crippen molar-refractivity contribution in [1.82, 2.24) is 10.3 Å². The van der Waals surface area contributed by atoms with Crippen molar-refractivity contribution in [3.63, 3.8) is 0 Å². The van der Waals surface area contributed by atoms with E-state index in [1.54, 1.807) is 30.6 Å². The Balaban J connectivity index is 2.05. The first-order chi connectivity index (χ1) is 11.8. The number of aromatic nitrogens is 1. The number of benzene rings is 1. The van der Waals surface area contributed by atoms with Crippen molar-refractivity contribution in [2.75, 3.05) is 17.1 Å². The third kappa shape index (κ3) is 5.86. The van der Waals surface area contributed by atoms with E-state index in [9.17, 15) is 13.2 Å². The van der Waals surface area contributed by atoms with Crippen LogP contribution in [-0.4, -0.2) is 38.2 Å². The van der Waals surface area contributed by atoms with Crippen LogP contribution in [0.3, 0.4) is 0 Å². The second kappa shape index (κ2) is 8.11. The molecule has 6 nitrogen and oxygen atoms in total. The number of sulfonamides is 1. The molecule has 0 unspecified atom stereocenters. The van der Waals surface area contributed by atoms with Gasteiger partial charge in [-0.25, -0.2) is 8.42 Å². The summed E-state index contributed by atoms with van der Waals surface area (Å²) >= 11 is 0. The quantitative estimate of drug-likeness (QED) is 0.817. The zero-order valence-electron chi connectivity index (χ0n) is 14.6. The molecule has 7 heteroatoms. The van der Waals surface area contributed by atoms with Gasteiger partial charge in [-0.3, -0.25) is 14.1 Å². The van der Waals surface area contributed by atoms with Crippen molar-refractivity contribution in [1.29, 1.82) is 0 Å². The molecule has 134 valence electrons. The Morgan fingerprint density at radius 1 is 1.28 bits per heavy atom. The van der Waals surface area contributed by atoms with Crippen LogP contribution in [0.2, 0.25) is 0 Å². The number of carbonyl (C=O) groups excluding carboxylic acids is 1. The fourth-order valence-corrected chi connectivity index (χ4v) is 3.41. The van der Waals surface area contributed by atoms with Crippen LogP contribution in [0.15, 0.2) is 48.8 Å². The summed E-state index contributed by atoms with van der Waals surface area (Å²) in [4.78, 5) is 16.4. The van der Waals surface area contributed by atoms with Crippen LogP contribution in [-0.2, 0) is 21.2 Å². The van der Waals surface area contributed by atoms with E-state index in [1.165, 1.54) is 0 Å². The Bertz CT molecular complexity index is 822. The minimum atomic E-state index is -3.56. The largest absolute Gasteiger partial charge is 0.352 e. The van der Waals surface area contributed by atoms with Crippen LogP contribution in [0.1, 0.15) is 18.1 Å².